The van der Waals surface area contributed by atoms with Gasteiger partial charge in [0, 0.05) is 24.1 Å². The topological polar surface area (TPSA) is 38.1 Å². The molecular formula is C13H22N2OS. The lowest BCUT2D eigenvalue weighted by Crippen LogP contribution is -2.23. The molecule has 0 saturated carbocycles. The van der Waals surface area contributed by atoms with Crippen LogP contribution in [0.1, 0.15) is 37.8 Å². The maximum atomic E-state index is 5.56. The summed E-state index contributed by atoms with van der Waals surface area (Å²) in [6.45, 7) is 2.16. The first kappa shape index (κ1) is 13.0. The molecule has 0 aliphatic carbocycles. The van der Waals surface area contributed by atoms with Crippen LogP contribution in [0.5, 0.6) is 0 Å². The van der Waals surface area contributed by atoms with Gasteiger partial charge in [0.1, 0.15) is 6.26 Å². The highest BCUT2D eigenvalue weighted by molar-refractivity contribution is 7.99. The van der Waals surface area contributed by atoms with Crippen molar-refractivity contribution in [3.05, 3.63) is 17.8 Å². The summed E-state index contributed by atoms with van der Waals surface area (Å²) in [6, 6.07) is 0.456. The van der Waals surface area contributed by atoms with Crippen LogP contribution in [-0.4, -0.2) is 29.1 Å². The van der Waals surface area contributed by atoms with Crippen molar-refractivity contribution in [3.63, 3.8) is 0 Å². The van der Waals surface area contributed by atoms with Crippen molar-refractivity contribution in [2.24, 2.45) is 0 Å². The number of nitrogens with one attached hydrogen (secondary N) is 1. The molecule has 1 aromatic heterocycles. The number of aromatic nitrogens is 1. The maximum Gasteiger partial charge on any atom is 0.195 e. The molecule has 2 rings (SSSR count). The summed E-state index contributed by atoms with van der Waals surface area (Å²) in [5, 5.41) is 3.94. The minimum Gasteiger partial charge on any atom is -0.449 e. The number of oxazole rings is 1. The van der Waals surface area contributed by atoms with Gasteiger partial charge in [0.2, 0.25) is 0 Å². The van der Waals surface area contributed by atoms with E-state index >= 15 is 0 Å². The molecular weight excluding hydrogens is 232 g/mol. The van der Waals surface area contributed by atoms with Crippen molar-refractivity contribution in [1.82, 2.24) is 10.3 Å². The number of thioether (sulfide) groups is 1. The number of hydrogen-bond donors (Lipinski definition) is 1. The largest absolute Gasteiger partial charge is 0.449 e. The molecule has 96 valence electrons. The highest BCUT2D eigenvalue weighted by Gasteiger charge is 2.17. The molecule has 0 bridgehead atoms. The molecule has 17 heavy (non-hydrogen) atoms. The lowest BCUT2D eigenvalue weighted by Gasteiger charge is -2.19. The fraction of sp³-hybridized carbons (Fsp3) is 0.769. The summed E-state index contributed by atoms with van der Waals surface area (Å²) >= 11 is 2.07. The monoisotopic (exact) mass is 254 g/mol. The molecule has 4 heteroatoms. The summed E-state index contributed by atoms with van der Waals surface area (Å²) in [7, 11) is 1.98. The molecule has 2 heterocycles. The van der Waals surface area contributed by atoms with Gasteiger partial charge in [-0.2, -0.15) is 11.8 Å². The SMILES string of the molecule is CNC(C)Cc1coc(CC2CCCCS2)n1. The second kappa shape index (κ2) is 6.45. The first-order chi connectivity index (χ1) is 8.28. The second-order valence-corrected chi connectivity index (χ2v) is 6.23. The quantitative estimate of drug-likeness (QED) is 0.876. The average Bonchev–Trinajstić information content (AvgIpc) is 2.77. The van der Waals surface area contributed by atoms with E-state index in [9.17, 15) is 0 Å². The smallest absolute Gasteiger partial charge is 0.195 e. The lowest BCUT2D eigenvalue weighted by molar-refractivity contribution is 0.481. The van der Waals surface area contributed by atoms with Crippen LogP contribution in [0.25, 0.3) is 0 Å². The fourth-order valence-electron chi connectivity index (χ4n) is 2.12. The van der Waals surface area contributed by atoms with Crippen LogP contribution >= 0.6 is 11.8 Å². The van der Waals surface area contributed by atoms with Crippen molar-refractivity contribution in [2.45, 2.75) is 50.3 Å². The lowest BCUT2D eigenvalue weighted by atomic mass is 10.1. The molecule has 1 N–H and O–H groups in total. The summed E-state index contributed by atoms with van der Waals surface area (Å²) in [5.74, 6) is 2.22. The van der Waals surface area contributed by atoms with Gasteiger partial charge in [-0.25, -0.2) is 4.98 Å². The van der Waals surface area contributed by atoms with E-state index in [1.807, 2.05) is 13.3 Å². The van der Waals surface area contributed by atoms with E-state index in [1.54, 1.807) is 0 Å². The zero-order chi connectivity index (χ0) is 12.1. The van der Waals surface area contributed by atoms with Crippen molar-refractivity contribution >= 4 is 11.8 Å². The normalized spacial score (nSPS) is 22.6. The van der Waals surface area contributed by atoms with E-state index in [2.05, 4.69) is 29.0 Å². The molecule has 3 nitrogen and oxygen atoms in total. The van der Waals surface area contributed by atoms with Crippen LogP contribution < -0.4 is 5.32 Å². The van der Waals surface area contributed by atoms with Gasteiger partial charge in [-0.1, -0.05) is 6.42 Å². The molecule has 0 aromatic carbocycles. The first-order valence-electron chi connectivity index (χ1n) is 6.50. The molecule has 1 fully saturated rings. The summed E-state index contributed by atoms with van der Waals surface area (Å²) in [4.78, 5) is 4.57. The van der Waals surface area contributed by atoms with Crippen molar-refractivity contribution in [2.75, 3.05) is 12.8 Å². The zero-order valence-electron chi connectivity index (χ0n) is 10.7. The van der Waals surface area contributed by atoms with Gasteiger partial charge in [-0.15, -0.1) is 0 Å². The zero-order valence-corrected chi connectivity index (χ0v) is 11.6. The fourth-order valence-corrected chi connectivity index (χ4v) is 3.41. The Kier molecular flexibility index (Phi) is 4.92. The molecule has 1 aliphatic heterocycles. The number of likely N-dealkylation sites (N-methyl/N-ethyl adjacent to an activating group) is 1. The molecule has 1 aliphatic rings. The minimum atomic E-state index is 0.456. The third-order valence-electron chi connectivity index (χ3n) is 3.28. The number of hydrogen-bond acceptors (Lipinski definition) is 4. The Labute approximate surface area is 108 Å². The highest BCUT2D eigenvalue weighted by Crippen LogP contribution is 2.27. The Morgan fingerprint density at radius 2 is 2.47 bits per heavy atom. The molecule has 1 saturated heterocycles. The van der Waals surface area contributed by atoms with Gasteiger partial charge < -0.3 is 9.73 Å². The summed E-state index contributed by atoms with van der Waals surface area (Å²) in [5.41, 5.74) is 1.07. The van der Waals surface area contributed by atoms with Crippen LogP contribution in [0, 0.1) is 0 Å². The van der Waals surface area contributed by atoms with Gasteiger partial charge in [0.15, 0.2) is 5.89 Å². The van der Waals surface area contributed by atoms with E-state index in [1.165, 1.54) is 25.0 Å². The van der Waals surface area contributed by atoms with E-state index in [4.69, 9.17) is 4.42 Å². The van der Waals surface area contributed by atoms with Crippen LogP contribution in [0.4, 0.5) is 0 Å². The van der Waals surface area contributed by atoms with Crippen LogP contribution in [0.15, 0.2) is 10.7 Å². The Bertz CT molecular complexity index is 334. The Hall–Kier alpha value is -0.480. The van der Waals surface area contributed by atoms with Gasteiger partial charge >= 0.3 is 0 Å². The molecule has 0 amide bonds. The van der Waals surface area contributed by atoms with E-state index < -0.39 is 0 Å². The number of rotatable bonds is 5. The molecule has 2 atom stereocenters. The highest BCUT2D eigenvalue weighted by atomic mass is 32.2. The predicted molar refractivity (Wildman–Crippen MR) is 72.5 cm³/mol. The van der Waals surface area contributed by atoms with Crippen molar-refractivity contribution in [3.8, 4) is 0 Å². The Balaban J connectivity index is 1.84. The van der Waals surface area contributed by atoms with Gasteiger partial charge in [-0.05, 0) is 32.6 Å². The minimum absolute atomic E-state index is 0.456. The second-order valence-electron chi connectivity index (χ2n) is 4.82. The van der Waals surface area contributed by atoms with Crippen LogP contribution in [0.3, 0.4) is 0 Å². The van der Waals surface area contributed by atoms with Gasteiger partial charge in [0.25, 0.3) is 0 Å². The standard InChI is InChI=1S/C13H22N2OS/c1-10(14-2)7-11-9-16-13(15-11)8-12-5-3-4-6-17-12/h9-10,12,14H,3-8H2,1-2H3. The maximum absolute atomic E-state index is 5.56. The predicted octanol–water partition coefficient (Wildman–Crippen LogP) is 2.65. The summed E-state index contributed by atoms with van der Waals surface area (Å²) in [6.07, 6.45) is 7.81. The van der Waals surface area contributed by atoms with Crippen molar-refractivity contribution in [1.29, 1.82) is 0 Å². The molecule has 0 spiro atoms. The van der Waals surface area contributed by atoms with Crippen LogP contribution in [0.2, 0.25) is 0 Å². The third-order valence-corrected chi connectivity index (χ3v) is 4.68. The van der Waals surface area contributed by atoms with Gasteiger partial charge in [-0.3, -0.25) is 0 Å². The first-order valence-corrected chi connectivity index (χ1v) is 7.55. The number of nitrogens with zero attached hydrogens (tertiary/aromatic N) is 1. The van der Waals surface area contributed by atoms with E-state index in [0.29, 0.717) is 6.04 Å². The molecule has 0 radical (unpaired) electrons. The molecule has 2 unspecified atom stereocenters. The Morgan fingerprint density at radius 1 is 1.59 bits per heavy atom. The third kappa shape index (κ3) is 4.03. The van der Waals surface area contributed by atoms with E-state index in [0.717, 1.165) is 29.7 Å². The summed E-state index contributed by atoms with van der Waals surface area (Å²) < 4.78 is 5.56. The van der Waals surface area contributed by atoms with Crippen LogP contribution in [-0.2, 0) is 12.8 Å². The molecule has 1 aromatic rings. The Morgan fingerprint density at radius 3 is 3.18 bits per heavy atom. The average molecular weight is 254 g/mol. The van der Waals surface area contributed by atoms with Crippen molar-refractivity contribution < 1.29 is 4.42 Å². The van der Waals surface area contributed by atoms with E-state index in [-0.39, 0.29) is 0 Å². The van der Waals surface area contributed by atoms with Gasteiger partial charge in [0.05, 0.1) is 5.69 Å².